The zero-order valence-corrected chi connectivity index (χ0v) is 13.1. The average Bonchev–Trinajstić information content (AvgIpc) is 2.47. The molecular weight excluding hydrogens is 286 g/mol. The molecule has 0 radical (unpaired) electrons. The van der Waals surface area contributed by atoms with Crippen LogP contribution in [0.2, 0.25) is 5.02 Å². The molecule has 4 nitrogen and oxygen atoms in total. The zero-order chi connectivity index (χ0) is 14.8. The van der Waals surface area contributed by atoms with Crippen LogP contribution in [-0.4, -0.2) is 32.1 Å². The summed E-state index contributed by atoms with van der Waals surface area (Å²) < 4.78 is 0. The first-order chi connectivity index (χ1) is 10.2. The van der Waals surface area contributed by atoms with E-state index in [4.69, 9.17) is 11.6 Å². The lowest BCUT2D eigenvalue weighted by atomic mass is 9.85. The van der Waals surface area contributed by atoms with Crippen molar-refractivity contribution < 1.29 is 4.79 Å². The van der Waals surface area contributed by atoms with E-state index in [0.29, 0.717) is 18.4 Å². The fourth-order valence-electron chi connectivity index (χ4n) is 3.45. The molecule has 2 aliphatic heterocycles. The van der Waals surface area contributed by atoms with Crippen molar-refractivity contribution in [1.82, 2.24) is 10.6 Å². The topological polar surface area (TPSA) is 44.4 Å². The van der Waals surface area contributed by atoms with Crippen molar-refractivity contribution in [1.29, 1.82) is 0 Å². The molecule has 2 unspecified atom stereocenters. The van der Waals surface area contributed by atoms with Gasteiger partial charge in [0.25, 0.3) is 0 Å². The van der Waals surface area contributed by atoms with Gasteiger partial charge in [0.1, 0.15) is 0 Å². The quantitative estimate of drug-likeness (QED) is 0.899. The molecule has 1 aromatic rings. The van der Waals surface area contributed by atoms with E-state index < -0.39 is 0 Å². The predicted molar refractivity (Wildman–Crippen MR) is 85.7 cm³/mol. The Hall–Kier alpha value is -1.26. The van der Waals surface area contributed by atoms with Gasteiger partial charge in [0, 0.05) is 32.1 Å². The zero-order valence-electron chi connectivity index (χ0n) is 12.4. The Bertz CT molecular complexity index is 534. The Balaban J connectivity index is 1.72. The summed E-state index contributed by atoms with van der Waals surface area (Å²) in [7, 11) is 1.93. The number of nitrogens with zero attached hydrogens (tertiary/aromatic N) is 1. The molecule has 21 heavy (non-hydrogen) atoms. The van der Waals surface area contributed by atoms with Crippen LogP contribution in [0.1, 0.15) is 24.8 Å². The number of carbonyl (C=O) groups is 1. The minimum atomic E-state index is 0.208. The highest BCUT2D eigenvalue weighted by Crippen LogP contribution is 2.33. The van der Waals surface area contributed by atoms with Crippen LogP contribution in [0, 0.1) is 5.92 Å². The van der Waals surface area contributed by atoms with E-state index >= 15 is 0 Å². The second-order valence-corrected chi connectivity index (χ2v) is 6.43. The summed E-state index contributed by atoms with van der Waals surface area (Å²) in [5.74, 6) is 0.753. The maximum Gasteiger partial charge on any atom is 0.220 e. The summed E-state index contributed by atoms with van der Waals surface area (Å²) in [4.78, 5) is 13.8. The molecule has 0 aromatic heterocycles. The van der Waals surface area contributed by atoms with Gasteiger partial charge in [0.2, 0.25) is 5.91 Å². The fraction of sp³-hybridized carbons (Fsp3) is 0.562. The minimum Gasteiger partial charge on any atom is -0.370 e. The third-order valence-corrected chi connectivity index (χ3v) is 4.86. The molecule has 2 saturated heterocycles. The van der Waals surface area contributed by atoms with Crippen LogP contribution in [0.5, 0.6) is 0 Å². The molecule has 0 saturated carbocycles. The fourth-order valence-corrected chi connectivity index (χ4v) is 3.77. The SMILES string of the molecule is CNCc1ccc(N2CCC3NC(=O)CCC3C2)c(Cl)c1. The van der Waals surface area contributed by atoms with E-state index in [9.17, 15) is 4.79 Å². The molecule has 2 fully saturated rings. The first kappa shape index (κ1) is 14.7. The lowest BCUT2D eigenvalue weighted by molar-refractivity contribution is -0.124. The Morgan fingerprint density at radius 2 is 2.29 bits per heavy atom. The van der Waals surface area contributed by atoms with Gasteiger partial charge in [-0.25, -0.2) is 0 Å². The molecule has 1 aromatic carbocycles. The van der Waals surface area contributed by atoms with Gasteiger partial charge in [0.05, 0.1) is 10.7 Å². The standard InChI is InChI=1S/C16H22ClN3O/c1-18-9-11-2-4-15(13(17)8-11)20-7-6-14-12(10-20)3-5-16(21)19-14/h2,4,8,12,14,18H,3,5-7,9-10H2,1H3,(H,19,21). The molecule has 2 heterocycles. The normalized spacial score (nSPS) is 25.4. The van der Waals surface area contributed by atoms with Gasteiger partial charge in [-0.2, -0.15) is 0 Å². The Morgan fingerprint density at radius 3 is 3.05 bits per heavy atom. The number of fused-ring (bicyclic) bond motifs is 1. The Kier molecular flexibility index (Phi) is 4.36. The summed E-state index contributed by atoms with van der Waals surface area (Å²) in [6.45, 7) is 2.76. The number of piperidine rings is 2. The van der Waals surface area contributed by atoms with Crippen LogP contribution in [-0.2, 0) is 11.3 Å². The second-order valence-electron chi connectivity index (χ2n) is 6.02. The first-order valence-corrected chi connectivity index (χ1v) is 8.02. The smallest absolute Gasteiger partial charge is 0.220 e. The van der Waals surface area contributed by atoms with Gasteiger partial charge in [-0.15, -0.1) is 0 Å². The van der Waals surface area contributed by atoms with Crippen molar-refractivity contribution in [3.8, 4) is 0 Å². The maximum absolute atomic E-state index is 11.5. The summed E-state index contributed by atoms with van der Waals surface area (Å²) in [5, 5.41) is 7.08. The van der Waals surface area contributed by atoms with E-state index in [-0.39, 0.29) is 5.91 Å². The molecule has 3 rings (SSSR count). The number of halogens is 1. The summed E-state index contributed by atoms with van der Waals surface area (Å²) in [5.41, 5.74) is 2.32. The van der Waals surface area contributed by atoms with Crippen LogP contribution in [0.15, 0.2) is 18.2 Å². The summed E-state index contributed by atoms with van der Waals surface area (Å²) in [6.07, 6.45) is 2.65. The van der Waals surface area contributed by atoms with Crippen LogP contribution in [0.4, 0.5) is 5.69 Å². The molecule has 5 heteroatoms. The molecule has 114 valence electrons. The van der Waals surface area contributed by atoms with Crippen molar-refractivity contribution in [2.24, 2.45) is 5.92 Å². The predicted octanol–water partition coefficient (Wildman–Crippen LogP) is 2.16. The van der Waals surface area contributed by atoms with Gasteiger partial charge in [0.15, 0.2) is 0 Å². The van der Waals surface area contributed by atoms with Crippen molar-refractivity contribution in [2.45, 2.75) is 31.8 Å². The first-order valence-electron chi connectivity index (χ1n) is 7.64. The Labute approximate surface area is 130 Å². The number of hydrogen-bond acceptors (Lipinski definition) is 3. The van der Waals surface area contributed by atoms with Crippen molar-refractivity contribution in [3.05, 3.63) is 28.8 Å². The number of rotatable bonds is 3. The van der Waals surface area contributed by atoms with E-state index in [1.165, 1.54) is 5.56 Å². The van der Waals surface area contributed by atoms with Crippen LogP contribution in [0.25, 0.3) is 0 Å². The number of carbonyl (C=O) groups excluding carboxylic acids is 1. The van der Waals surface area contributed by atoms with Gasteiger partial charge < -0.3 is 15.5 Å². The minimum absolute atomic E-state index is 0.208. The molecule has 0 bridgehead atoms. The van der Waals surface area contributed by atoms with E-state index in [0.717, 1.165) is 43.2 Å². The van der Waals surface area contributed by atoms with Crippen LogP contribution < -0.4 is 15.5 Å². The van der Waals surface area contributed by atoms with E-state index in [1.807, 2.05) is 13.1 Å². The second kappa shape index (κ2) is 6.24. The average molecular weight is 308 g/mol. The largest absolute Gasteiger partial charge is 0.370 e. The van der Waals surface area contributed by atoms with Gasteiger partial charge in [-0.3, -0.25) is 4.79 Å². The highest BCUT2D eigenvalue weighted by Gasteiger charge is 2.34. The monoisotopic (exact) mass is 307 g/mol. The Morgan fingerprint density at radius 1 is 1.43 bits per heavy atom. The van der Waals surface area contributed by atoms with Gasteiger partial charge in [-0.05, 0) is 43.5 Å². The molecule has 2 N–H and O–H groups in total. The molecular formula is C16H22ClN3O. The van der Waals surface area contributed by atoms with Gasteiger partial charge in [-0.1, -0.05) is 17.7 Å². The molecule has 1 amide bonds. The number of hydrogen-bond donors (Lipinski definition) is 2. The number of nitrogens with one attached hydrogen (secondary N) is 2. The lowest BCUT2D eigenvalue weighted by Gasteiger charge is -2.42. The molecule has 0 spiro atoms. The summed E-state index contributed by atoms with van der Waals surface area (Å²) >= 11 is 6.46. The van der Waals surface area contributed by atoms with Crippen molar-refractivity contribution in [3.63, 3.8) is 0 Å². The molecule has 2 aliphatic rings. The molecule has 0 aliphatic carbocycles. The van der Waals surface area contributed by atoms with Crippen molar-refractivity contribution in [2.75, 3.05) is 25.0 Å². The third kappa shape index (κ3) is 3.16. The third-order valence-electron chi connectivity index (χ3n) is 4.56. The van der Waals surface area contributed by atoms with Crippen LogP contribution in [0.3, 0.4) is 0 Å². The van der Waals surface area contributed by atoms with Gasteiger partial charge >= 0.3 is 0 Å². The molecule has 2 atom stereocenters. The van der Waals surface area contributed by atoms with E-state index in [1.54, 1.807) is 0 Å². The highest BCUT2D eigenvalue weighted by molar-refractivity contribution is 6.33. The van der Waals surface area contributed by atoms with Crippen molar-refractivity contribution >= 4 is 23.2 Å². The maximum atomic E-state index is 11.5. The lowest BCUT2D eigenvalue weighted by Crippen LogP contribution is -2.54. The number of benzene rings is 1. The highest BCUT2D eigenvalue weighted by atomic mass is 35.5. The van der Waals surface area contributed by atoms with Crippen LogP contribution >= 0.6 is 11.6 Å². The van der Waals surface area contributed by atoms with E-state index in [2.05, 4.69) is 27.7 Å². The number of anilines is 1. The summed E-state index contributed by atoms with van der Waals surface area (Å²) in [6, 6.07) is 6.65. The number of amides is 1.